The Morgan fingerprint density at radius 2 is 1.24 bits per heavy atom. The molecule has 0 aliphatic carbocycles. The van der Waals surface area contributed by atoms with Crippen molar-refractivity contribution in [1.29, 1.82) is 0 Å². The Kier molecular flexibility index (Phi) is 4.93. The Morgan fingerprint density at radius 3 is 1.57 bits per heavy atom. The number of nitrogens with zero attached hydrogens (tertiary/aromatic N) is 1. The maximum atomic E-state index is 12.9. The average molecular weight is 313 g/mol. The quantitative estimate of drug-likeness (QED) is 0.929. The van der Waals surface area contributed by atoms with E-state index in [-0.39, 0.29) is 6.54 Å². The monoisotopic (exact) mass is 313 g/mol. The number of sulfonamides is 1. The molecule has 1 N–H and O–H groups in total. The first-order chi connectivity index (χ1) is 9.30. The van der Waals surface area contributed by atoms with Gasteiger partial charge >= 0.3 is 0 Å². The lowest BCUT2D eigenvalue weighted by atomic mass is 9.95. The molecule has 0 amide bonds. The molecule has 120 valence electrons. The third kappa shape index (κ3) is 3.47. The molecule has 21 heavy (non-hydrogen) atoms. The molecule has 0 bridgehead atoms. The molecule has 1 aromatic rings. The first-order valence-corrected chi connectivity index (χ1v) is 8.50. The highest BCUT2D eigenvalue weighted by atomic mass is 32.2. The summed E-state index contributed by atoms with van der Waals surface area (Å²) in [5, 5.41) is 9.88. The molecule has 0 aliphatic heterocycles. The number of likely N-dealkylation sites (N-methyl/N-ethyl adjacent to an activating group) is 1. The van der Waals surface area contributed by atoms with Gasteiger partial charge in [0.25, 0.3) is 0 Å². The van der Waals surface area contributed by atoms with Crippen LogP contribution in [-0.2, 0) is 10.0 Å². The summed E-state index contributed by atoms with van der Waals surface area (Å²) in [4.78, 5) is 0.370. The Balaban J connectivity index is 3.53. The Hall–Kier alpha value is -0.910. The third-order valence-electron chi connectivity index (χ3n) is 4.21. The summed E-state index contributed by atoms with van der Waals surface area (Å²) in [7, 11) is -2.11. The number of aliphatic hydroxyl groups is 1. The Labute approximate surface area is 128 Å². The zero-order valence-corrected chi connectivity index (χ0v) is 15.1. The fourth-order valence-corrected chi connectivity index (χ4v) is 4.52. The molecular weight excluding hydrogens is 286 g/mol. The second-order valence-corrected chi connectivity index (χ2v) is 8.51. The predicted molar refractivity (Wildman–Crippen MR) is 86.2 cm³/mol. The van der Waals surface area contributed by atoms with Gasteiger partial charge in [0.1, 0.15) is 0 Å². The minimum Gasteiger partial charge on any atom is -0.389 e. The number of hydrogen-bond donors (Lipinski definition) is 1. The van der Waals surface area contributed by atoms with Gasteiger partial charge in [-0.2, -0.15) is 4.31 Å². The van der Waals surface area contributed by atoms with Crippen molar-refractivity contribution in [2.45, 2.75) is 59.0 Å². The number of rotatable bonds is 4. The van der Waals surface area contributed by atoms with Gasteiger partial charge in [0.05, 0.1) is 10.5 Å². The van der Waals surface area contributed by atoms with Crippen LogP contribution in [0.4, 0.5) is 0 Å². The van der Waals surface area contributed by atoms with Crippen molar-refractivity contribution >= 4 is 10.0 Å². The highest BCUT2D eigenvalue weighted by Crippen LogP contribution is 2.31. The van der Waals surface area contributed by atoms with E-state index in [2.05, 4.69) is 0 Å². The standard InChI is InChI=1S/C16H27NO3S/c1-10-11(2)13(4)15(14(5)12(10)3)21(19,20)17(8)9-16(6,7)18/h18H,9H2,1-8H3. The molecule has 1 aromatic carbocycles. The molecule has 1 rings (SSSR count). The first-order valence-electron chi connectivity index (χ1n) is 7.06. The van der Waals surface area contributed by atoms with E-state index in [1.165, 1.54) is 11.4 Å². The maximum absolute atomic E-state index is 12.9. The maximum Gasteiger partial charge on any atom is 0.243 e. The summed E-state index contributed by atoms with van der Waals surface area (Å²) in [6.07, 6.45) is 0. The lowest BCUT2D eigenvalue weighted by Gasteiger charge is -2.27. The van der Waals surface area contributed by atoms with Crippen molar-refractivity contribution in [3.63, 3.8) is 0 Å². The van der Waals surface area contributed by atoms with E-state index in [0.717, 1.165) is 27.8 Å². The van der Waals surface area contributed by atoms with Crippen molar-refractivity contribution in [2.75, 3.05) is 13.6 Å². The molecule has 0 saturated carbocycles. The minimum absolute atomic E-state index is 0.0557. The van der Waals surface area contributed by atoms with E-state index in [0.29, 0.717) is 4.90 Å². The van der Waals surface area contributed by atoms with Crippen LogP contribution in [0, 0.1) is 34.6 Å². The van der Waals surface area contributed by atoms with Gasteiger partial charge in [-0.25, -0.2) is 8.42 Å². The molecule has 0 saturated heterocycles. The molecule has 0 atom stereocenters. The highest BCUT2D eigenvalue weighted by molar-refractivity contribution is 7.89. The average Bonchev–Trinajstić information content (AvgIpc) is 2.31. The van der Waals surface area contributed by atoms with Crippen LogP contribution in [0.25, 0.3) is 0 Å². The van der Waals surface area contributed by atoms with Crippen molar-refractivity contribution < 1.29 is 13.5 Å². The fraction of sp³-hybridized carbons (Fsp3) is 0.625. The van der Waals surface area contributed by atoms with E-state index in [1.807, 2.05) is 34.6 Å². The third-order valence-corrected chi connectivity index (χ3v) is 6.29. The van der Waals surface area contributed by atoms with Crippen LogP contribution in [0.5, 0.6) is 0 Å². The van der Waals surface area contributed by atoms with E-state index in [9.17, 15) is 13.5 Å². The van der Waals surface area contributed by atoms with Gasteiger partial charge in [0, 0.05) is 13.6 Å². The molecular formula is C16H27NO3S. The molecule has 4 nitrogen and oxygen atoms in total. The normalized spacial score (nSPS) is 13.0. The molecule has 0 radical (unpaired) electrons. The van der Waals surface area contributed by atoms with E-state index < -0.39 is 15.6 Å². The molecule has 0 unspecified atom stereocenters. The van der Waals surface area contributed by atoms with Gasteiger partial charge in [-0.1, -0.05) is 0 Å². The SMILES string of the molecule is Cc1c(C)c(C)c(S(=O)(=O)N(C)CC(C)(C)O)c(C)c1C. The Bertz CT molecular complexity index is 626. The topological polar surface area (TPSA) is 57.6 Å². The molecule has 0 fully saturated rings. The lowest BCUT2D eigenvalue weighted by Crippen LogP contribution is -2.40. The van der Waals surface area contributed by atoms with Crippen molar-refractivity contribution in [1.82, 2.24) is 4.31 Å². The van der Waals surface area contributed by atoms with Crippen LogP contribution in [0.15, 0.2) is 4.90 Å². The lowest BCUT2D eigenvalue weighted by molar-refractivity contribution is 0.0639. The summed E-state index contributed by atoms with van der Waals surface area (Å²) in [5.41, 5.74) is 3.66. The van der Waals surface area contributed by atoms with Gasteiger partial charge in [-0.15, -0.1) is 0 Å². The van der Waals surface area contributed by atoms with Gasteiger partial charge < -0.3 is 5.11 Å². The number of hydrogen-bond acceptors (Lipinski definition) is 3. The zero-order valence-electron chi connectivity index (χ0n) is 14.3. The second-order valence-electron chi connectivity index (χ2n) is 6.53. The molecule has 5 heteroatoms. The zero-order chi connectivity index (χ0) is 16.7. The molecule has 0 heterocycles. The van der Waals surface area contributed by atoms with Crippen molar-refractivity contribution in [3.05, 3.63) is 27.8 Å². The minimum atomic E-state index is -3.62. The van der Waals surface area contributed by atoms with Gasteiger partial charge in [-0.05, 0) is 76.3 Å². The fourth-order valence-electron chi connectivity index (χ4n) is 2.64. The van der Waals surface area contributed by atoms with Crippen LogP contribution >= 0.6 is 0 Å². The highest BCUT2D eigenvalue weighted by Gasteiger charge is 2.30. The largest absolute Gasteiger partial charge is 0.389 e. The van der Waals surface area contributed by atoms with Crippen molar-refractivity contribution in [2.24, 2.45) is 0 Å². The predicted octanol–water partition coefficient (Wildman–Crippen LogP) is 2.62. The van der Waals surface area contributed by atoms with Gasteiger partial charge in [0.2, 0.25) is 10.0 Å². The van der Waals surface area contributed by atoms with Crippen LogP contribution in [0.3, 0.4) is 0 Å². The van der Waals surface area contributed by atoms with E-state index in [1.54, 1.807) is 13.8 Å². The van der Waals surface area contributed by atoms with Crippen LogP contribution in [0.2, 0.25) is 0 Å². The summed E-state index contributed by atoms with van der Waals surface area (Å²) in [6, 6.07) is 0. The first kappa shape index (κ1) is 18.1. The van der Waals surface area contributed by atoms with E-state index in [4.69, 9.17) is 0 Å². The van der Waals surface area contributed by atoms with Crippen molar-refractivity contribution in [3.8, 4) is 0 Å². The van der Waals surface area contributed by atoms with Crippen LogP contribution in [-0.4, -0.2) is 37.0 Å². The summed E-state index contributed by atoms with van der Waals surface area (Å²) < 4.78 is 27.0. The summed E-state index contributed by atoms with van der Waals surface area (Å²) in [6.45, 7) is 12.9. The van der Waals surface area contributed by atoms with Gasteiger partial charge in [-0.3, -0.25) is 0 Å². The second kappa shape index (κ2) is 5.71. The van der Waals surface area contributed by atoms with Crippen LogP contribution < -0.4 is 0 Å². The number of benzene rings is 1. The molecule has 0 aliphatic rings. The van der Waals surface area contributed by atoms with Gasteiger partial charge in [0.15, 0.2) is 0 Å². The van der Waals surface area contributed by atoms with Crippen LogP contribution in [0.1, 0.15) is 41.7 Å². The smallest absolute Gasteiger partial charge is 0.243 e. The van der Waals surface area contributed by atoms with E-state index >= 15 is 0 Å². The molecule has 0 aromatic heterocycles. The summed E-state index contributed by atoms with van der Waals surface area (Å²) >= 11 is 0. The Morgan fingerprint density at radius 1 is 0.905 bits per heavy atom. The summed E-state index contributed by atoms with van der Waals surface area (Å²) in [5.74, 6) is 0. The molecule has 0 spiro atoms.